The SMILES string of the molecule is CC(C)(C)CC(C(=O)OC1(C)C2CC3CC4CC1C342)C(C)(C)C. The van der Waals surface area contributed by atoms with Gasteiger partial charge in [0.05, 0.1) is 5.92 Å². The van der Waals surface area contributed by atoms with Crippen molar-refractivity contribution in [2.24, 2.45) is 45.8 Å². The van der Waals surface area contributed by atoms with E-state index in [1.54, 1.807) is 0 Å². The van der Waals surface area contributed by atoms with Crippen molar-refractivity contribution < 1.29 is 9.53 Å². The summed E-state index contributed by atoms with van der Waals surface area (Å²) < 4.78 is 6.30. The molecule has 4 fully saturated rings. The Kier molecular flexibility index (Phi) is 2.89. The van der Waals surface area contributed by atoms with Gasteiger partial charge < -0.3 is 4.74 Å². The van der Waals surface area contributed by atoms with Crippen molar-refractivity contribution in [2.75, 3.05) is 0 Å². The van der Waals surface area contributed by atoms with Crippen LogP contribution in [0.3, 0.4) is 0 Å². The Labute approximate surface area is 141 Å². The lowest BCUT2D eigenvalue weighted by molar-refractivity contribution is -0.455. The molecule has 2 heteroatoms. The first kappa shape index (κ1) is 16.0. The molecule has 0 N–H and O–H groups in total. The molecule has 5 atom stereocenters. The molecule has 0 heterocycles. The molecule has 4 rings (SSSR count). The topological polar surface area (TPSA) is 26.3 Å². The summed E-state index contributed by atoms with van der Waals surface area (Å²) in [5.41, 5.74) is 0.612. The third kappa shape index (κ3) is 1.79. The average molecular weight is 319 g/mol. The summed E-state index contributed by atoms with van der Waals surface area (Å²) >= 11 is 0. The van der Waals surface area contributed by atoms with Crippen LogP contribution in [-0.4, -0.2) is 11.6 Å². The van der Waals surface area contributed by atoms with E-state index < -0.39 is 0 Å². The molecule has 0 amide bonds. The standard InChI is InChI=1S/C21H34O2/c1-18(2,3)11-14(19(4,5)6)17(22)23-20(7)15-9-12-8-13-10-16(20)21(12,13)15/h12-16H,8-11H2,1-7H3. The molecule has 0 aromatic carbocycles. The summed E-state index contributed by atoms with van der Waals surface area (Å²) in [5, 5.41) is 0. The molecule has 0 radical (unpaired) electrons. The number of esters is 1. The van der Waals surface area contributed by atoms with Crippen LogP contribution in [0.15, 0.2) is 0 Å². The second kappa shape index (κ2) is 4.17. The second-order valence-electron chi connectivity index (χ2n) is 11.5. The minimum Gasteiger partial charge on any atom is -0.458 e. The molecule has 0 bridgehead atoms. The highest BCUT2D eigenvalue weighted by Crippen LogP contribution is 2.90. The molecular formula is C21H34O2. The summed E-state index contributed by atoms with van der Waals surface area (Å²) in [6.07, 6.45) is 5.00. The molecule has 5 unspecified atom stereocenters. The monoisotopic (exact) mass is 318 g/mol. The van der Waals surface area contributed by atoms with E-state index in [0.717, 1.165) is 18.3 Å². The zero-order valence-electron chi connectivity index (χ0n) is 16.0. The smallest absolute Gasteiger partial charge is 0.310 e. The van der Waals surface area contributed by atoms with Crippen LogP contribution in [0.25, 0.3) is 0 Å². The van der Waals surface area contributed by atoms with Gasteiger partial charge in [0.2, 0.25) is 0 Å². The van der Waals surface area contributed by atoms with Crippen LogP contribution in [-0.2, 0) is 9.53 Å². The average Bonchev–Trinajstić information content (AvgIpc) is 2.28. The lowest BCUT2D eigenvalue weighted by Gasteiger charge is -2.90. The minimum atomic E-state index is -0.147. The number of rotatable bonds is 3. The van der Waals surface area contributed by atoms with Gasteiger partial charge in [0.15, 0.2) is 0 Å². The summed E-state index contributed by atoms with van der Waals surface area (Å²) in [6, 6.07) is 0. The van der Waals surface area contributed by atoms with E-state index in [0.29, 0.717) is 17.3 Å². The third-order valence-electron chi connectivity index (χ3n) is 8.08. The minimum absolute atomic E-state index is 0.0102. The molecule has 0 aliphatic heterocycles. The van der Waals surface area contributed by atoms with Crippen LogP contribution >= 0.6 is 0 Å². The van der Waals surface area contributed by atoms with Crippen LogP contribution in [0.4, 0.5) is 0 Å². The van der Waals surface area contributed by atoms with Gasteiger partial charge in [-0.05, 0) is 60.7 Å². The van der Waals surface area contributed by atoms with E-state index in [9.17, 15) is 4.79 Å². The van der Waals surface area contributed by atoms with Crippen molar-refractivity contribution in [1.82, 2.24) is 0 Å². The Hall–Kier alpha value is -0.530. The van der Waals surface area contributed by atoms with Gasteiger partial charge in [-0.3, -0.25) is 4.79 Å². The Morgan fingerprint density at radius 1 is 1.04 bits per heavy atom. The fraction of sp³-hybridized carbons (Fsp3) is 0.952. The van der Waals surface area contributed by atoms with Crippen molar-refractivity contribution in [3.05, 3.63) is 0 Å². The Balaban J connectivity index is 1.48. The van der Waals surface area contributed by atoms with E-state index in [1.165, 1.54) is 19.3 Å². The summed E-state index contributed by atoms with van der Waals surface area (Å²) in [6.45, 7) is 15.5. The maximum Gasteiger partial charge on any atom is 0.310 e. The van der Waals surface area contributed by atoms with Crippen LogP contribution < -0.4 is 0 Å². The maximum absolute atomic E-state index is 13.1. The molecule has 1 spiro atoms. The van der Waals surface area contributed by atoms with Crippen LogP contribution in [0.5, 0.6) is 0 Å². The predicted molar refractivity (Wildman–Crippen MR) is 91.8 cm³/mol. The lowest BCUT2D eigenvalue weighted by Crippen LogP contribution is -2.90. The maximum atomic E-state index is 13.1. The number of ether oxygens (including phenoxy) is 1. The first-order valence-corrected chi connectivity index (χ1v) is 9.63. The zero-order chi connectivity index (χ0) is 17.0. The summed E-state index contributed by atoms with van der Waals surface area (Å²) in [4.78, 5) is 13.1. The molecule has 2 nitrogen and oxygen atoms in total. The molecule has 130 valence electrons. The fourth-order valence-corrected chi connectivity index (χ4v) is 6.96. The quantitative estimate of drug-likeness (QED) is 0.680. The third-order valence-corrected chi connectivity index (χ3v) is 8.08. The highest BCUT2D eigenvalue weighted by atomic mass is 16.6. The van der Waals surface area contributed by atoms with E-state index in [1.807, 2.05) is 0 Å². The molecule has 4 aliphatic carbocycles. The first-order valence-electron chi connectivity index (χ1n) is 9.63. The van der Waals surface area contributed by atoms with Crippen molar-refractivity contribution in [1.29, 1.82) is 0 Å². The van der Waals surface area contributed by atoms with Gasteiger partial charge in [0.25, 0.3) is 0 Å². The molecule has 0 saturated heterocycles. The fourth-order valence-electron chi connectivity index (χ4n) is 6.96. The second-order valence-corrected chi connectivity index (χ2v) is 11.5. The number of hydrogen-bond donors (Lipinski definition) is 0. The Bertz CT molecular complexity index is 525. The Morgan fingerprint density at radius 3 is 1.96 bits per heavy atom. The van der Waals surface area contributed by atoms with E-state index in [2.05, 4.69) is 48.5 Å². The van der Waals surface area contributed by atoms with Crippen LogP contribution in [0.2, 0.25) is 0 Å². The number of carbonyl (C=O) groups excluding carboxylic acids is 1. The van der Waals surface area contributed by atoms with E-state index in [4.69, 9.17) is 4.74 Å². The molecule has 0 aromatic heterocycles. The zero-order valence-corrected chi connectivity index (χ0v) is 16.0. The summed E-state index contributed by atoms with van der Waals surface area (Å²) in [5.74, 6) is 3.38. The summed E-state index contributed by atoms with van der Waals surface area (Å²) in [7, 11) is 0. The van der Waals surface area contributed by atoms with E-state index >= 15 is 0 Å². The van der Waals surface area contributed by atoms with Crippen molar-refractivity contribution in [3.8, 4) is 0 Å². The van der Waals surface area contributed by atoms with Crippen molar-refractivity contribution >= 4 is 5.97 Å². The van der Waals surface area contributed by atoms with Gasteiger partial charge >= 0.3 is 5.97 Å². The highest BCUT2D eigenvalue weighted by molar-refractivity contribution is 5.74. The largest absolute Gasteiger partial charge is 0.458 e. The number of carbonyl (C=O) groups is 1. The van der Waals surface area contributed by atoms with E-state index in [-0.39, 0.29) is 28.3 Å². The van der Waals surface area contributed by atoms with Crippen LogP contribution in [0.1, 0.15) is 74.1 Å². The normalized spacial score (nSPS) is 47.8. The van der Waals surface area contributed by atoms with Gasteiger partial charge in [-0.1, -0.05) is 41.5 Å². The highest BCUT2D eigenvalue weighted by Gasteiger charge is 2.89. The van der Waals surface area contributed by atoms with Crippen LogP contribution in [0, 0.1) is 45.8 Å². The predicted octanol–water partition coefficient (Wildman–Crippen LogP) is 5.06. The van der Waals surface area contributed by atoms with Gasteiger partial charge in [-0.25, -0.2) is 0 Å². The number of hydrogen-bond acceptors (Lipinski definition) is 2. The molecular weight excluding hydrogens is 284 g/mol. The van der Waals surface area contributed by atoms with Crippen molar-refractivity contribution in [2.45, 2.75) is 79.8 Å². The van der Waals surface area contributed by atoms with Gasteiger partial charge in [-0.15, -0.1) is 0 Å². The molecule has 23 heavy (non-hydrogen) atoms. The molecule has 0 aromatic rings. The van der Waals surface area contributed by atoms with Gasteiger partial charge in [0, 0.05) is 11.8 Å². The molecule has 4 aliphatic rings. The van der Waals surface area contributed by atoms with Crippen molar-refractivity contribution in [3.63, 3.8) is 0 Å². The Morgan fingerprint density at radius 2 is 1.57 bits per heavy atom. The lowest BCUT2D eigenvalue weighted by atomic mass is 9.15. The molecule has 4 saturated carbocycles. The van der Waals surface area contributed by atoms with Gasteiger partial charge in [0.1, 0.15) is 5.60 Å². The van der Waals surface area contributed by atoms with Gasteiger partial charge in [-0.2, -0.15) is 0 Å². The first-order chi connectivity index (χ1) is 10.4.